The Hall–Kier alpha value is -4.24. The van der Waals surface area contributed by atoms with Crippen LogP contribution in [0.25, 0.3) is 0 Å². The smallest absolute Gasteiger partial charge is 0.294 e. The van der Waals surface area contributed by atoms with Crippen LogP contribution >= 0.6 is 0 Å². The highest BCUT2D eigenvalue weighted by Gasteiger charge is 2.44. The normalized spacial score (nSPS) is 15.8. The molecule has 1 unspecified atom stereocenters. The molecule has 1 amide bonds. The quantitative estimate of drug-likeness (QED) is 0.663. The van der Waals surface area contributed by atoms with Gasteiger partial charge in [-0.2, -0.15) is 5.26 Å². The Balaban J connectivity index is 1.71. The van der Waals surface area contributed by atoms with Crippen LogP contribution in [-0.4, -0.2) is 21.8 Å². The molecule has 0 fully saturated rings. The molecule has 1 aliphatic heterocycles. The van der Waals surface area contributed by atoms with Crippen LogP contribution in [0.5, 0.6) is 0 Å². The van der Waals surface area contributed by atoms with Gasteiger partial charge in [-0.15, -0.1) is 0 Å². The minimum absolute atomic E-state index is 0.0801. The molecule has 6 heteroatoms. The number of hydrogen-bond donors (Lipinski definition) is 1. The molecule has 0 aliphatic carbocycles. The van der Waals surface area contributed by atoms with Gasteiger partial charge in [-0.1, -0.05) is 30.3 Å². The van der Waals surface area contributed by atoms with Crippen LogP contribution in [0.3, 0.4) is 0 Å². The van der Waals surface area contributed by atoms with Crippen LogP contribution < -0.4 is 4.90 Å². The lowest BCUT2D eigenvalue weighted by atomic mass is 9.93. The number of carbonyl (C=O) groups is 2. The summed E-state index contributed by atoms with van der Waals surface area (Å²) in [5.74, 6) is -1.47. The second kappa shape index (κ2) is 8.64. The van der Waals surface area contributed by atoms with E-state index in [1.54, 1.807) is 48.8 Å². The SMILES string of the molecule is N#Cc1ccc(N2C(=O)C(O)=C(C(=O)CCc3ccccc3)C2c2ccncc2)cc1. The van der Waals surface area contributed by atoms with Crippen LogP contribution in [-0.2, 0) is 16.0 Å². The molecular weight excluding hydrogens is 390 g/mol. The number of rotatable bonds is 6. The fourth-order valence-electron chi connectivity index (χ4n) is 3.75. The first kappa shape index (κ1) is 20.0. The second-order valence-corrected chi connectivity index (χ2v) is 7.19. The molecule has 1 aromatic heterocycles. The highest BCUT2D eigenvalue weighted by Crippen LogP contribution is 2.41. The van der Waals surface area contributed by atoms with E-state index in [2.05, 4.69) is 4.98 Å². The fraction of sp³-hybridized carbons (Fsp3) is 0.120. The number of amides is 1. The van der Waals surface area contributed by atoms with Gasteiger partial charge in [-0.05, 0) is 53.9 Å². The summed E-state index contributed by atoms with van der Waals surface area (Å²) in [5, 5.41) is 19.7. The molecule has 1 atom stereocenters. The Morgan fingerprint density at radius 1 is 1.03 bits per heavy atom. The number of pyridine rings is 1. The molecule has 6 nitrogen and oxygen atoms in total. The highest BCUT2D eigenvalue weighted by atomic mass is 16.3. The Kier molecular flexibility index (Phi) is 5.59. The maximum absolute atomic E-state index is 13.2. The summed E-state index contributed by atoms with van der Waals surface area (Å²) in [6.07, 6.45) is 3.83. The van der Waals surface area contributed by atoms with Gasteiger partial charge in [0.05, 0.1) is 23.2 Å². The lowest BCUT2D eigenvalue weighted by Gasteiger charge is -2.27. The predicted octanol–water partition coefficient (Wildman–Crippen LogP) is 4.06. The Morgan fingerprint density at radius 2 is 1.71 bits per heavy atom. The zero-order chi connectivity index (χ0) is 21.8. The monoisotopic (exact) mass is 409 g/mol. The molecule has 0 radical (unpaired) electrons. The van der Waals surface area contributed by atoms with E-state index in [4.69, 9.17) is 5.26 Å². The Labute approximate surface area is 179 Å². The average Bonchev–Trinajstić information content (AvgIpc) is 3.09. The van der Waals surface area contributed by atoms with E-state index in [1.807, 2.05) is 36.4 Å². The van der Waals surface area contributed by atoms with Crippen LogP contribution in [0.15, 0.2) is 90.5 Å². The third-order valence-corrected chi connectivity index (χ3v) is 5.29. The van der Waals surface area contributed by atoms with Crippen LogP contribution in [0, 0.1) is 11.3 Å². The Bertz CT molecular complexity index is 1180. The molecule has 3 aromatic rings. The van der Waals surface area contributed by atoms with Gasteiger partial charge in [-0.25, -0.2) is 0 Å². The summed E-state index contributed by atoms with van der Waals surface area (Å²) in [5.41, 5.74) is 2.69. The molecule has 4 rings (SSSR count). The number of ketones is 1. The molecule has 0 bridgehead atoms. The number of carbonyl (C=O) groups excluding carboxylic acids is 2. The molecule has 2 aromatic carbocycles. The van der Waals surface area contributed by atoms with Crippen LogP contribution in [0.2, 0.25) is 0 Å². The van der Waals surface area contributed by atoms with Crippen molar-refractivity contribution in [3.8, 4) is 6.07 Å². The standard InChI is InChI=1S/C25H19N3O3/c26-16-18-6-9-20(10-7-18)28-23(19-12-14-27-15-13-19)22(24(30)25(28)31)21(29)11-8-17-4-2-1-3-5-17/h1-7,9-10,12-15,23,30H,8,11H2. The summed E-state index contributed by atoms with van der Waals surface area (Å²) in [6.45, 7) is 0. The van der Waals surface area contributed by atoms with E-state index in [0.717, 1.165) is 5.56 Å². The third kappa shape index (κ3) is 3.94. The van der Waals surface area contributed by atoms with Gasteiger partial charge in [0.1, 0.15) is 0 Å². The van der Waals surface area contributed by atoms with Gasteiger partial charge in [0, 0.05) is 24.5 Å². The van der Waals surface area contributed by atoms with E-state index < -0.39 is 17.7 Å². The molecule has 2 heterocycles. The third-order valence-electron chi connectivity index (χ3n) is 5.29. The topological polar surface area (TPSA) is 94.3 Å². The first-order chi connectivity index (χ1) is 15.1. The van der Waals surface area contributed by atoms with Crippen molar-refractivity contribution in [2.24, 2.45) is 0 Å². The van der Waals surface area contributed by atoms with Gasteiger partial charge in [0.15, 0.2) is 11.5 Å². The van der Waals surface area contributed by atoms with Gasteiger partial charge >= 0.3 is 0 Å². The largest absolute Gasteiger partial charge is 0.503 e. The van der Waals surface area contributed by atoms with Crippen molar-refractivity contribution in [1.29, 1.82) is 5.26 Å². The molecule has 31 heavy (non-hydrogen) atoms. The lowest BCUT2D eigenvalue weighted by Crippen LogP contribution is -2.31. The van der Waals surface area contributed by atoms with Crippen molar-refractivity contribution in [3.63, 3.8) is 0 Å². The number of aryl methyl sites for hydroxylation is 1. The number of anilines is 1. The van der Waals surface area contributed by atoms with E-state index in [0.29, 0.717) is 23.2 Å². The lowest BCUT2D eigenvalue weighted by molar-refractivity contribution is -0.118. The summed E-state index contributed by atoms with van der Waals surface area (Å²) >= 11 is 0. The highest BCUT2D eigenvalue weighted by molar-refractivity contribution is 6.16. The van der Waals surface area contributed by atoms with Crippen LogP contribution in [0.1, 0.15) is 29.2 Å². The van der Waals surface area contributed by atoms with E-state index in [9.17, 15) is 14.7 Å². The van der Waals surface area contributed by atoms with E-state index in [1.165, 1.54) is 4.90 Å². The van der Waals surface area contributed by atoms with E-state index >= 15 is 0 Å². The minimum Gasteiger partial charge on any atom is -0.503 e. The minimum atomic E-state index is -0.772. The molecule has 0 spiro atoms. The first-order valence-electron chi connectivity index (χ1n) is 9.84. The summed E-state index contributed by atoms with van der Waals surface area (Å²) in [7, 11) is 0. The molecular formula is C25H19N3O3. The summed E-state index contributed by atoms with van der Waals surface area (Å²) in [6, 6.07) is 20.8. The van der Waals surface area contributed by atoms with Crippen molar-refractivity contribution in [1.82, 2.24) is 4.98 Å². The summed E-state index contributed by atoms with van der Waals surface area (Å²) < 4.78 is 0. The average molecular weight is 409 g/mol. The summed E-state index contributed by atoms with van der Waals surface area (Å²) in [4.78, 5) is 31.6. The number of Topliss-reactive ketones (excluding diaryl/α,β-unsaturated/α-hetero) is 1. The first-order valence-corrected chi connectivity index (χ1v) is 9.84. The zero-order valence-electron chi connectivity index (χ0n) is 16.6. The van der Waals surface area contributed by atoms with Crippen molar-refractivity contribution < 1.29 is 14.7 Å². The van der Waals surface area contributed by atoms with E-state index in [-0.39, 0.29) is 17.8 Å². The predicted molar refractivity (Wildman–Crippen MR) is 115 cm³/mol. The van der Waals surface area contributed by atoms with Gasteiger partial charge in [0.2, 0.25) is 0 Å². The number of aliphatic hydroxyl groups excluding tert-OH is 1. The van der Waals surface area contributed by atoms with Gasteiger partial charge < -0.3 is 5.11 Å². The number of nitriles is 1. The van der Waals surface area contributed by atoms with Crippen molar-refractivity contribution >= 4 is 17.4 Å². The number of aliphatic hydroxyl groups is 1. The van der Waals surface area contributed by atoms with Gasteiger partial charge in [-0.3, -0.25) is 19.5 Å². The van der Waals surface area contributed by atoms with Crippen molar-refractivity contribution in [2.45, 2.75) is 18.9 Å². The van der Waals surface area contributed by atoms with Crippen LogP contribution in [0.4, 0.5) is 5.69 Å². The van der Waals surface area contributed by atoms with Crippen molar-refractivity contribution in [3.05, 3.63) is 107 Å². The second-order valence-electron chi connectivity index (χ2n) is 7.19. The molecule has 0 saturated heterocycles. The maximum Gasteiger partial charge on any atom is 0.294 e. The fourth-order valence-corrected chi connectivity index (χ4v) is 3.75. The van der Waals surface area contributed by atoms with Gasteiger partial charge in [0.25, 0.3) is 5.91 Å². The Morgan fingerprint density at radius 3 is 2.35 bits per heavy atom. The molecule has 0 saturated carbocycles. The zero-order valence-corrected chi connectivity index (χ0v) is 16.6. The number of hydrogen-bond acceptors (Lipinski definition) is 5. The number of benzene rings is 2. The molecule has 1 N–H and O–H groups in total. The molecule has 152 valence electrons. The molecule has 1 aliphatic rings. The number of aromatic nitrogens is 1. The maximum atomic E-state index is 13.2. The number of nitrogens with zero attached hydrogens (tertiary/aromatic N) is 3. The van der Waals surface area contributed by atoms with Crippen molar-refractivity contribution in [2.75, 3.05) is 4.90 Å².